The molecule has 1 aromatic carbocycles. The third-order valence-electron chi connectivity index (χ3n) is 2.82. The van der Waals surface area contributed by atoms with E-state index in [4.69, 9.17) is 4.74 Å². The number of fused-ring (bicyclic) bond motifs is 1. The van der Waals surface area contributed by atoms with E-state index in [9.17, 15) is 4.79 Å². The van der Waals surface area contributed by atoms with Gasteiger partial charge in [0.15, 0.2) is 5.78 Å². The summed E-state index contributed by atoms with van der Waals surface area (Å²) in [7, 11) is 1.64. The van der Waals surface area contributed by atoms with Gasteiger partial charge in [-0.25, -0.2) is 0 Å². The van der Waals surface area contributed by atoms with Crippen LogP contribution in [0.4, 0.5) is 0 Å². The second kappa shape index (κ2) is 4.03. The molecule has 1 N–H and O–H groups in total. The van der Waals surface area contributed by atoms with Crippen LogP contribution < -0.4 is 10.1 Å². The van der Waals surface area contributed by atoms with Crippen LogP contribution in [0.2, 0.25) is 0 Å². The Morgan fingerprint density at radius 3 is 3.00 bits per heavy atom. The third-order valence-corrected chi connectivity index (χ3v) is 2.82. The number of hydrogen-bond donors (Lipinski definition) is 1. The van der Waals surface area contributed by atoms with Crippen molar-refractivity contribution in [2.45, 2.75) is 12.8 Å². The molecule has 0 spiro atoms. The zero-order valence-corrected chi connectivity index (χ0v) is 9.04. The largest absolute Gasteiger partial charge is 0.496 e. The zero-order valence-electron chi connectivity index (χ0n) is 9.04. The molecule has 0 aliphatic carbocycles. The van der Waals surface area contributed by atoms with Gasteiger partial charge in [-0.15, -0.1) is 0 Å². The van der Waals surface area contributed by atoms with Gasteiger partial charge in [-0.3, -0.25) is 4.79 Å². The number of ether oxygens (including phenoxy) is 1. The average Bonchev–Trinajstić information content (AvgIpc) is 2.40. The zero-order chi connectivity index (χ0) is 10.8. The Balaban J connectivity index is 2.58. The molecule has 2 rings (SSSR count). The van der Waals surface area contributed by atoms with Crippen molar-refractivity contribution in [1.29, 1.82) is 0 Å². The van der Waals surface area contributed by atoms with E-state index in [1.807, 2.05) is 18.2 Å². The maximum absolute atomic E-state index is 11.8. The van der Waals surface area contributed by atoms with Crippen LogP contribution in [0.3, 0.4) is 0 Å². The minimum absolute atomic E-state index is 0.147. The molecule has 0 saturated carbocycles. The SMILES string of the molecule is COc1cccc2c1C(C)CNCC2=O. The minimum atomic E-state index is 0.147. The van der Waals surface area contributed by atoms with Crippen LogP contribution in [0.15, 0.2) is 18.2 Å². The van der Waals surface area contributed by atoms with E-state index in [2.05, 4.69) is 12.2 Å². The molecule has 1 aromatic rings. The summed E-state index contributed by atoms with van der Waals surface area (Å²) in [6, 6.07) is 5.66. The summed E-state index contributed by atoms with van der Waals surface area (Å²) in [6.07, 6.45) is 0. The molecule has 1 aliphatic rings. The van der Waals surface area contributed by atoms with Crippen molar-refractivity contribution >= 4 is 5.78 Å². The molecule has 0 saturated heterocycles. The van der Waals surface area contributed by atoms with Crippen molar-refractivity contribution in [2.75, 3.05) is 20.2 Å². The van der Waals surface area contributed by atoms with Gasteiger partial charge >= 0.3 is 0 Å². The molecule has 1 heterocycles. The van der Waals surface area contributed by atoms with Crippen molar-refractivity contribution in [3.8, 4) is 5.75 Å². The second-order valence-corrected chi connectivity index (χ2v) is 3.88. The van der Waals surface area contributed by atoms with E-state index in [0.717, 1.165) is 23.4 Å². The summed E-state index contributed by atoms with van der Waals surface area (Å²) >= 11 is 0. The highest BCUT2D eigenvalue weighted by atomic mass is 16.5. The summed E-state index contributed by atoms with van der Waals surface area (Å²) < 4.78 is 5.31. The Hall–Kier alpha value is -1.35. The number of rotatable bonds is 1. The molecule has 3 heteroatoms. The first-order valence-electron chi connectivity index (χ1n) is 5.15. The summed E-state index contributed by atoms with van der Waals surface area (Å²) in [5, 5.41) is 3.14. The Labute approximate surface area is 89.4 Å². The van der Waals surface area contributed by atoms with Crippen LogP contribution in [0, 0.1) is 0 Å². The Morgan fingerprint density at radius 2 is 2.27 bits per heavy atom. The first-order valence-corrected chi connectivity index (χ1v) is 5.15. The second-order valence-electron chi connectivity index (χ2n) is 3.88. The van der Waals surface area contributed by atoms with E-state index in [1.165, 1.54) is 0 Å². The fourth-order valence-electron chi connectivity index (χ4n) is 2.07. The van der Waals surface area contributed by atoms with Gasteiger partial charge < -0.3 is 10.1 Å². The van der Waals surface area contributed by atoms with Crippen molar-refractivity contribution in [3.05, 3.63) is 29.3 Å². The standard InChI is InChI=1S/C12H15NO2/c1-8-6-13-7-10(14)9-4-3-5-11(15-2)12(8)9/h3-5,8,13H,6-7H2,1-2H3. The van der Waals surface area contributed by atoms with Gasteiger partial charge in [0, 0.05) is 17.7 Å². The Bertz CT molecular complexity index is 387. The lowest BCUT2D eigenvalue weighted by Gasteiger charge is -2.15. The van der Waals surface area contributed by atoms with Crippen molar-refractivity contribution in [1.82, 2.24) is 5.32 Å². The molecule has 80 valence electrons. The summed E-state index contributed by atoms with van der Waals surface area (Å²) in [4.78, 5) is 11.8. The molecular weight excluding hydrogens is 190 g/mol. The first-order chi connectivity index (χ1) is 7.24. The first kappa shape index (κ1) is 10.2. The summed E-state index contributed by atoms with van der Waals surface area (Å²) in [5.74, 6) is 1.27. The molecule has 0 amide bonds. The predicted molar refractivity (Wildman–Crippen MR) is 58.6 cm³/mol. The highest BCUT2D eigenvalue weighted by Crippen LogP contribution is 2.31. The lowest BCUT2D eigenvalue weighted by atomic mass is 9.94. The van der Waals surface area contributed by atoms with E-state index >= 15 is 0 Å². The molecule has 1 atom stereocenters. The van der Waals surface area contributed by atoms with Crippen molar-refractivity contribution in [3.63, 3.8) is 0 Å². The van der Waals surface area contributed by atoms with Crippen LogP contribution >= 0.6 is 0 Å². The number of nitrogens with one attached hydrogen (secondary N) is 1. The Kier molecular flexibility index (Phi) is 2.73. The number of carbonyl (C=O) groups excluding carboxylic acids is 1. The van der Waals surface area contributed by atoms with E-state index < -0.39 is 0 Å². The number of hydrogen-bond acceptors (Lipinski definition) is 3. The monoisotopic (exact) mass is 205 g/mol. The molecular formula is C12H15NO2. The van der Waals surface area contributed by atoms with Gasteiger partial charge in [0.05, 0.1) is 13.7 Å². The molecule has 1 aliphatic heterocycles. The fraction of sp³-hybridized carbons (Fsp3) is 0.417. The number of methoxy groups -OCH3 is 1. The van der Waals surface area contributed by atoms with Crippen LogP contribution in [0.25, 0.3) is 0 Å². The van der Waals surface area contributed by atoms with Crippen molar-refractivity contribution in [2.24, 2.45) is 0 Å². The van der Waals surface area contributed by atoms with Crippen LogP contribution in [-0.4, -0.2) is 26.0 Å². The van der Waals surface area contributed by atoms with Gasteiger partial charge in [-0.2, -0.15) is 0 Å². The molecule has 0 aromatic heterocycles. The molecule has 15 heavy (non-hydrogen) atoms. The third kappa shape index (κ3) is 1.75. The van der Waals surface area contributed by atoms with Gasteiger partial charge in [0.1, 0.15) is 5.75 Å². The maximum Gasteiger partial charge on any atom is 0.177 e. The summed E-state index contributed by atoms with van der Waals surface area (Å²) in [5.41, 5.74) is 1.84. The van der Waals surface area contributed by atoms with Gasteiger partial charge in [0.25, 0.3) is 0 Å². The van der Waals surface area contributed by atoms with Crippen LogP contribution in [0.5, 0.6) is 5.75 Å². The highest BCUT2D eigenvalue weighted by molar-refractivity contribution is 6.00. The molecule has 0 bridgehead atoms. The average molecular weight is 205 g/mol. The van der Waals surface area contributed by atoms with Gasteiger partial charge in [-0.1, -0.05) is 19.1 Å². The smallest absolute Gasteiger partial charge is 0.177 e. The maximum atomic E-state index is 11.8. The van der Waals surface area contributed by atoms with E-state index in [-0.39, 0.29) is 5.78 Å². The predicted octanol–water partition coefficient (Wildman–Crippen LogP) is 1.58. The topological polar surface area (TPSA) is 38.3 Å². The minimum Gasteiger partial charge on any atom is -0.496 e. The quantitative estimate of drug-likeness (QED) is 0.756. The van der Waals surface area contributed by atoms with Crippen LogP contribution in [-0.2, 0) is 0 Å². The number of ketones is 1. The highest BCUT2D eigenvalue weighted by Gasteiger charge is 2.23. The fourth-order valence-corrected chi connectivity index (χ4v) is 2.07. The molecule has 0 radical (unpaired) electrons. The number of carbonyl (C=O) groups is 1. The summed E-state index contributed by atoms with van der Waals surface area (Å²) in [6.45, 7) is 3.34. The normalized spacial score (nSPS) is 20.7. The lowest BCUT2D eigenvalue weighted by molar-refractivity contribution is 0.0993. The lowest BCUT2D eigenvalue weighted by Crippen LogP contribution is -2.22. The Morgan fingerprint density at radius 1 is 1.47 bits per heavy atom. The van der Waals surface area contributed by atoms with E-state index in [0.29, 0.717) is 12.5 Å². The van der Waals surface area contributed by atoms with Gasteiger partial charge in [-0.05, 0) is 12.0 Å². The van der Waals surface area contributed by atoms with Crippen LogP contribution in [0.1, 0.15) is 28.8 Å². The molecule has 0 fully saturated rings. The van der Waals surface area contributed by atoms with Crippen molar-refractivity contribution < 1.29 is 9.53 Å². The van der Waals surface area contributed by atoms with Gasteiger partial charge in [0.2, 0.25) is 0 Å². The molecule has 1 unspecified atom stereocenters. The van der Waals surface area contributed by atoms with E-state index in [1.54, 1.807) is 7.11 Å². The number of Topliss-reactive ketones (excluding diaryl/α,β-unsaturated/α-hetero) is 1. The number of benzene rings is 1. The molecule has 3 nitrogen and oxygen atoms in total.